The van der Waals surface area contributed by atoms with Crippen molar-refractivity contribution in [1.29, 1.82) is 0 Å². The molecule has 17 heavy (non-hydrogen) atoms. The zero-order chi connectivity index (χ0) is 12.9. The molecule has 1 atom stereocenters. The van der Waals surface area contributed by atoms with Gasteiger partial charge in [-0.1, -0.05) is 0 Å². The van der Waals surface area contributed by atoms with Crippen LogP contribution in [-0.4, -0.2) is 40.1 Å². The Hall–Kier alpha value is 0.640. The molecule has 2 nitrogen and oxygen atoms in total. The standard InChI is InChI=1S/C11H15Cl3O2Te/c1-16-10-2-4-11(5-3-10)17(13,14)8-9(12)6-7-15/h2-5,9,15H,6-8H2,1H3. The van der Waals surface area contributed by atoms with Crippen molar-refractivity contribution in [3.8, 4) is 5.75 Å². The first-order valence-corrected chi connectivity index (χ1v) is 14.2. The van der Waals surface area contributed by atoms with Gasteiger partial charge in [0.1, 0.15) is 0 Å². The van der Waals surface area contributed by atoms with Gasteiger partial charge in [-0.3, -0.25) is 0 Å². The van der Waals surface area contributed by atoms with Crippen LogP contribution in [0.15, 0.2) is 24.3 Å². The maximum atomic E-state index is 8.81. The average molecular weight is 413 g/mol. The van der Waals surface area contributed by atoms with E-state index in [0.29, 0.717) is 10.9 Å². The Bertz CT molecular complexity index is 343. The molecule has 0 amide bonds. The fourth-order valence-electron chi connectivity index (χ4n) is 1.32. The number of hydrogen-bond donors (Lipinski definition) is 1. The van der Waals surface area contributed by atoms with Crippen LogP contribution in [0.1, 0.15) is 6.42 Å². The quantitative estimate of drug-likeness (QED) is 0.575. The van der Waals surface area contributed by atoms with Gasteiger partial charge in [0.05, 0.1) is 0 Å². The SMILES string of the molecule is COc1ccc([Te](Cl)(Cl)CC(Cl)CCO)cc1. The molecule has 1 unspecified atom stereocenters. The van der Waals surface area contributed by atoms with Gasteiger partial charge in [0.25, 0.3) is 0 Å². The Labute approximate surface area is 118 Å². The third-order valence-electron chi connectivity index (χ3n) is 2.24. The Morgan fingerprint density at radius 2 is 1.88 bits per heavy atom. The summed E-state index contributed by atoms with van der Waals surface area (Å²) >= 11 is 2.94. The second-order valence-electron chi connectivity index (χ2n) is 3.53. The number of ether oxygens (including phenoxy) is 1. The van der Waals surface area contributed by atoms with Crippen LogP contribution in [0.3, 0.4) is 0 Å². The number of halogens is 3. The zero-order valence-corrected chi connectivity index (χ0v) is 14.0. The van der Waals surface area contributed by atoms with Crippen molar-refractivity contribution < 1.29 is 9.84 Å². The molecule has 0 aliphatic rings. The van der Waals surface area contributed by atoms with Crippen molar-refractivity contribution >= 4 is 49.1 Å². The second kappa shape index (κ2) is 7.28. The van der Waals surface area contributed by atoms with Gasteiger partial charge >= 0.3 is 119 Å². The molecule has 0 fully saturated rings. The van der Waals surface area contributed by atoms with E-state index in [4.69, 9.17) is 39.4 Å². The van der Waals surface area contributed by atoms with Crippen molar-refractivity contribution in [2.45, 2.75) is 16.3 Å². The molecule has 98 valence electrons. The fourth-order valence-corrected chi connectivity index (χ4v) is 10.8. The van der Waals surface area contributed by atoms with E-state index >= 15 is 0 Å². The summed E-state index contributed by atoms with van der Waals surface area (Å²) in [6.45, 7) is 0.0588. The summed E-state index contributed by atoms with van der Waals surface area (Å²) in [7, 11) is 14.5. The maximum absolute atomic E-state index is 8.81. The van der Waals surface area contributed by atoms with E-state index < -0.39 is 15.9 Å². The summed E-state index contributed by atoms with van der Waals surface area (Å²) in [5.74, 6) is 0.776. The van der Waals surface area contributed by atoms with Crippen LogP contribution < -0.4 is 8.35 Å². The number of hydrogen-bond acceptors (Lipinski definition) is 2. The summed E-state index contributed by atoms with van der Waals surface area (Å²) in [6.07, 6.45) is 0.519. The van der Waals surface area contributed by atoms with E-state index in [2.05, 4.69) is 0 Å². The van der Waals surface area contributed by atoms with Gasteiger partial charge in [-0.05, 0) is 0 Å². The summed E-state index contributed by atoms with van der Waals surface area (Å²) in [6, 6.07) is 7.47. The molecule has 0 aliphatic heterocycles. The van der Waals surface area contributed by atoms with Crippen LogP contribution >= 0.6 is 29.5 Å². The Morgan fingerprint density at radius 3 is 2.35 bits per heavy atom. The summed E-state index contributed by atoms with van der Waals surface area (Å²) < 4.78 is 6.61. The summed E-state index contributed by atoms with van der Waals surface area (Å²) in [5, 5.41) is 8.64. The summed E-state index contributed by atoms with van der Waals surface area (Å²) in [5.41, 5.74) is 0. The van der Waals surface area contributed by atoms with Gasteiger partial charge in [0.2, 0.25) is 0 Å². The summed E-state index contributed by atoms with van der Waals surface area (Å²) in [4.78, 5) is 0. The third kappa shape index (κ3) is 5.03. The molecule has 0 heterocycles. The molecule has 0 aromatic heterocycles. The molecule has 0 saturated heterocycles. The van der Waals surface area contributed by atoms with Crippen LogP contribution in [0.25, 0.3) is 0 Å². The van der Waals surface area contributed by atoms with Gasteiger partial charge in [-0.2, -0.15) is 0 Å². The van der Waals surface area contributed by atoms with E-state index in [1.807, 2.05) is 24.3 Å². The van der Waals surface area contributed by atoms with E-state index in [0.717, 1.165) is 9.36 Å². The molecule has 0 saturated carbocycles. The van der Waals surface area contributed by atoms with Gasteiger partial charge in [-0.25, -0.2) is 0 Å². The monoisotopic (exact) mass is 414 g/mol. The Kier molecular flexibility index (Phi) is 6.72. The number of aliphatic hydroxyl groups is 1. The molecular weight excluding hydrogens is 398 g/mol. The minimum atomic E-state index is -3.13. The van der Waals surface area contributed by atoms with Gasteiger partial charge < -0.3 is 0 Å². The number of rotatable bonds is 6. The van der Waals surface area contributed by atoms with Crippen molar-refractivity contribution in [3.63, 3.8) is 0 Å². The number of benzene rings is 1. The van der Waals surface area contributed by atoms with Crippen molar-refractivity contribution in [2.75, 3.05) is 13.7 Å². The van der Waals surface area contributed by atoms with Crippen molar-refractivity contribution in [1.82, 2.24) is 0 Å². The molecule has 1 aromatic carbocycles. The molecule has 0 bridgehead atoms. The van der Waals surface area contributed by atoms with E-state index in [9.17, 15) is 0 Å². The van der Waals surface area contributed by atoms with Crippen LogP contribution in [0.2, 0.25) is 4.47 Å². The van der Waals surface area contributed by atoms with E-state index in [1.54, 1.807) is 7.11 Å². The first-order valence-electron chi connectivity index (χ1n) is 5.09. The van der Waals surface area contributed by atoms with Crippen LogP contribution in [0, 0.1) is 0 Å². The Morgan fingerprint density at radius 1 is 1.29 bits per heavy atom. The molecule has 0 spiro atoms. The van der Waals surface area contributed by atoms with E-state index in [-0.39, 0.29) is 12.0 Å². The number of alkyl halides is 1. The molecule has 1 rings (SSSR count). The molecule has 0 aliphatic carbocycles. The first kappa shape index (κ1) is 15.7. The first-order chi connectivity index (χ1) is 7.99. The predicted molar refractivity (Wildman–Crippen MR) is 76.2 cm³/mol. The topological polar surface area (TPSA) is 29.5 Å². The average Bonchev–Trinajstić information content (AvgIpc) is 2.28. The normalized spacial score (nSPS) is 14.4. The number of aliphatic hydroxyl groups excluding tert-OH is 1. The molecule has 1 aromatic rings. The number of methoxy groups -OCH3 is 1. The predicted octanol–water partition coefficient (Wildman–Crippen LogP) is 2.81. The molecule has 6 heteroatoms. The van der Waals surface area contributed by atoms with E-state index in [1.165, 1.54) is 0 Å². The van der Waals surface area contributed by atoms with Crippen LogP contribution in [-0.2, 0) is 0 Å². The van der Waals surface area contributed by atoms with Crippen LogP contribution in [0.5, 0.6) is 5.75 Å². The second-order valence-corrected chi connectivity index (χ2v) is 17.9. The van der Waals surface area contributed by atoms with Gasteiger partial charge in [0.15, 0.2) is 0 Å². The van der Waals surface area contributed by atoms with Gasteiger partial charge in [-0.15, -0.1) is 0 Å². The fraction of sp³-hybridized carbons (Fsp3) is 0.455. The zero-order valence-electron chi connectivity index (χ0n) is 9.41. The molecular formula is C11H15Cl3O2Te. The van der Waals surface area contributed by atoms with Crippen molar-refractivity contribution in [3.05, 3.63) is 24.3 Å². The Balaban J connectivity index is 2.73. The van der Waals surface area contributed by atoms with Crippen molar-refractivity contribution in [2.24, 2.45) is 0 Å². The third-order valence-corrected chi connectivity index (χ3v) is 12.4. The van der Waals surface area contributed by atoms with Gasteiger partial charge in [0, 0.05) is 0 Å². The van der Waals surface area contributed by atoms with Crippen LogP contribution in [0.4, 0.5) is 0 Å². The molecule has 0 radical (unpaired) electrons. The minimum absolute atomic E-state index is 0.0588. The molecule has 1 N–H and O–H groups in total.